The molecule has 0 aliphatic rings. The molecular weight excluding hydrogens is 268 g/mol. The van der Waals surface area contributed by atoms with Crippen LogP contribution in [0.3, 0.4) is 0 Å². The van der Waals surface area contributed by atoms with Crippen LogP contribution in [0.4, 0.5) is 8.78 Å². The first-order valence-electron chi connectivity index (χ1n) is 6.22. The Morgan fingerprint density at radius 1 is 1.10 bits per heavy atom. The van der Waals surface area contributed by atoms with Crippen molar-refractivity contribution < 1.29 is 23.5 Å². The monoisotopic (exact) mass is 285 g/mol. The van der Waals surface area contributed by atoms with Crippen molar-refractivity contribution in [2.75, 3.05) is 0 Å². The lowest BCUT2D eigenvalue weighted by atomic mass is 9.94. The van der Waals surface area contributed by atoms with Gasteiger partial charge in [0.1, 0.15) is 0 Å². The van der Waals surface area contributed by atoms with E-state index >= 15 is 0 Å². The number of carbonyl (C=O) groups is 2. The zero-order valence-corrected chi connectivity index (χ0v) is 11.5. The first kappa shape index (κ1) is 16.1. The summed E-state index contributed by atoms with van der Waals surface area (Å²) < 4.78 is 25.9. The van der Waals surface area contributed by atoms with Crippen LogP contribution in [0, 0.1) is 23.5 Å². The smallest absolute Gasteiger partial charge is 0.307 e. The van der Waals surface area contributed by atoms with Crippen molar-refractivity contribution in [2.45, 2.75) is 26.8 Å². The van der Waals surface area contributed by atoms with Crippen LogP contribution in [0.25, 0.3) is 0 Å². The van der Waals surface area contributed by atoms with E-state index in [1.165, 1.54) is 19.9 Å². The van der Waals surface area contributed by atoms with Crippen molar-refractivity contribution in [1.29, 1.82) is 0 Å². The third kappa shape index (κ3) is 3.76. The molecule has 0 heterocycles. The van der Waals surface area contributed by atoms with Crippen LogP contribution in [0.2, 0.25) is 0 Å². The minimum Gasteiger partial charge on any atom is -0.481 e. The van der Waals surface area contributed by atoms with Gasteiger partial charge >= 0.3 is 5.97 Å². The molecule has 0 radical (unpaired) electrons. The van der Waals surface area contributed by atoms with Gasteiger partial charge in [-0.15, -0.1) is 0 Å². The van der Waals surface area contributed by atoms with Gasteiger partial charge in [0, 0.05) is 5.92 Å². The number of rotatable bonds is 5. The van der Waals surface area contributed by atoms with E-state index in [0.717, 1.165) is 12.1 Å². The SMILES string of the molecule is CC(NC(=O)C(C)C(C)C(=O)O)c1ccc(F)c(F)c1. The summed E-state index contributed by atoms with van der Waals surface area (Å²) in [6.07, 6.45) is 0. The average molecular weight is 285 g/mol. The molecule has 110 valence electrons. The van der Waals surface area contributed by atoms with E-state index in [1.54, 1.807) is 6.92 Å². The Hall–Kier alpha value is -1.98. The van der Waals surface area contributed by atoms with Gasteiger partial charge in [-0.2, -0.15) is 0 Å². The Morgan fingerprint density at radius 3 is 2.20 bits per heavy atom. The summed E-state index contributed by atoms with van der Waals surface area (Å²) in [7, 11) is 0. The van der Waals surface area contributed by atoms with Gasteiger partial charge in [-0.1, -0.05) is 19.9 Å². The molecule has 0 aromatic heterocycles. The second-order valence-corrected chi connectivity index (χ2v) is 4.82. The number of aliphatic carboxylic acids is 1. The Balaban J connectivity index is 2.74. The summed E-state index contributed by atoms with van der Waals surface area (Å²) in [4.78, 5) is 22.7. The summed E-state index contributed by atoms with van der Waals surface area (Å²) in [6, 6.07) is 2.82. The fourth-order valence-electron chi connectivity index (χ4n) is 1.65. The molecule has 0 bridgehead atoms. The molecule has 1 amide bonds. The molecule has 2 N–H and O–H groups in total. The average Bonchev–Trinajstić information content (AvgIpc) is 2.39. The lowest BCUT2D eigenvalue weighted by Gasteiger charge is -2.20. The number of halogens is 2. The zero-order valence-electron chi connectivity index (χ0n) is 11.5. The van der Waals surface area contributed by atoms with Crippen LogP contribution < -0.4 is 5.32 Å². The van der Waals surface area contributed by atoms with E-state index in [0.29, 0.717) is 5.56 Å². The molecule has 4 nitrogen and oxygen atoms in total. The van der Waals surface area contributed by atoms with Gasteiger partial charge in [0.25, 0.3) is 0 Å². The zero-order chi connectivity index (χ0) is 15.4. The molecule has 6 heteroatoms. The number of benzene rings is 1. The molecule has 1 aromatic carbocycles. The highest BCUT2D eigenvalue weighted by Crippen LogP contribution is 2.18. The van der Waals surface area contributed by atoms with Crippen LogP contribution >= 0.6 is 0 Å². The van der Waals surface area contributed by atoms with Gasteiger partial charge in [-0.25, -0.2) is 8.78 Å². The quantitative estimate of drug-likeness (QED) is 0.873. The third-order valence-corrected chi connectivity index (χ3v) is 3.36. The summed E-state index contributed by atoms with van der Waals surface area (Å²) in [5.74, 6) is -5.01. The Morgan fingerprint density at radius 2 is 1.70 bits per heavy atom. The van der Waals surface area contributed by atoms with Crippen molar-refractivity contribution in [3.8, 4) is 0 Å². The summed E-state index contributed by atoms with van der Waals surface area (Å²) in [5.41, 5.74) is 0.410. The number of amides is 1. The summed E-state index contributed by atoms with van der Waals surface area (Å²) >= 11 is 0. The molecule has 0 fully saturated rings. The van der Waals surface area contributed by atoms with E-state index in [4.69, 9.17) is 5.11 Å². The number of hydrogen-bond donors (Lipinski definition) is 2. The topological polar surface area (TPSA) is 66.4 Å². The number of carbonyl (C=O) groups excluding carboxylic acids is 1. The van der Waals surface area contributed by atoms with Gasteiger partial charge < -0.3 is 10.4 Å². The molecule has 0 spiro atoms. The Labute approximate surface area is 115 Å². The van der Waals surface area contributed by atoms with Gasteiger partial charge in [0.05, 0.1) is 12.0 Å². The number of carboxylic acid groups (broad SMARTS) is 1. The first-order chi connectivity index (χ1) is 9.23. The second kappa shape index (κ2) is 6.45. The van der Waals surface area contributed by atoms with Gasteiger partial charge in [-0.05, 0) is 24.6 Å². The minimum absolute atomic E-state index is 0.410. The number of hydrogen-bond acceptors (Lipinski definition) is 2. The molecule has 3 atom stereocenters. The fraction of sp³-hybridized carbons (Fsp3) is 0.429. The summed E-state index contributed by atoms with van der Waals surface area (Å²) in [5, 5.41) is 11.4. The van der Waals surface area contributed by atoms with Crippen molar-refractivity contribution in [1.82, 2.24) is 5.32 Å². The number of nitrogens with one attached hydrogen (secondary N) is 1. The van der Waals surface area contributed by atoms with Crippen molar-refractivity contribution in [3.05, 3.63) is 35.4 Å². The van der Waals surface area contributed by atoms with Gasteiger partial charge in [0.2, 0.25) is 5.91 Å². The van der Waals surface area contributed by atoms with Crippen LogP contribution in [0.1, 0.15) is 32.4 Å². The highest BCUT2D eigenvalue weighted by atomic mass is 19.2. The highest BCUT2D eigenvalue weighted by Gasteiger charge is 2.26. The molecule has 3 unspecified atom stereocenters. The van der Waals surface area contributed by atoms with Crippen molar-refractivity contribution in [3.63, 3.8) is 0 Å². The molecule has 0 saturated heterocycles. The van der Waals surface area contributed by atoms with Crippen LogP contribution in [-0.4, -0.2) is 17.0 Å². The molecule has 0 aliphatic carbocycles. The molecular formula is C14H17F2NO3. The fourth-order valence-corrected chi connectivity index (χ4v) is 1.65. The van der Waals surface area contributed by atoms with Crippen LogP contribution in [-0.2, 0) is 9.59 Å². The van der Waals surface area contributed by atoms with Crippen molar-refractivity contribution in [2.24, 2.45) is 11.8 Å². The van der Waals surface area contributed by atoms with E-state index in [2.05, 4.69) is 5.32 Å². The third-order valence-electron chi connectivity index (χ3n) is 3.36. The Kier molecular flexibility index (Phi) is 5.19. The highest BCUT2D eigenvalue weighted by molar-refractivity contribution is 5.84. The standard InChI is InChI=1S/C14H17F2NO3/c1-7(8(2)14(19)20)13(18)17-9(3)10-4-5-11(15)12(16)6-10/h4-9H,1-3H3,(H,17,18)(H,19,20). The molecule has 1 aromatic rings. The predicted octanol–water partition coefficient (Wildman–Crippen LogP) is 2.50. The summed E-state index contributed by atoms with van der Waals surface area (Å²) in [6.45, 7) is 4.56. The molecule has 1 rings (SSSR count). The first-order valence-corrected chi connectivity index (χ1v) is 6.22. The van der Waals surface area contributed by atoms with E-state index < -0.39 is 41.4 Å². The normalized spacial score (nSPS) is 15.2. The number of carboxylic acids is 1. The minimum atomic E-state index is -1.06. The van der Waals surface area contributed by atoms with E-state index in [9.17, 15) is 18.4 Å². The lowest BCUT2D eigenvalue weighted by molar-refractivity contribution is -0.146. The maximum Gasteiger partial charge on any atom is 0.307 e. The lowest BCUT2D eigenvalue weighted by Crippen LogP contribution is -2.36. The van der Waals surface area contributed by atoms with Crippen LogP contribution in [0.5, 0.6) is 0 Å². The second-order valence-electron chi connectivity index (χ2n) is 4.82. The molecule has 0 aliphatic heterocycles. The largest absolute Gasteiger partial charge is 0.481 e. The van der Waals surface area contributed by atoms with Crippen LogP contribution in [0.15, 0.2) is 18.2 Å². The molecule has 0 saturated carbocycles. The maximum atomic E-state index is 13.1. The molecule has 20 heavy (non-hydrogen) atoms. The Bertz CT molecular complexity index is 519. The van der Waals surface area contributed by atoms with Gasteiger partial charge in [0.15, 0.2) is 11.6 Å². The van der Waals surface area contributed by atoms with E-state index in [1.807, 2.05) is 0 Å². The maximum absolute atomic E-state index is 13.1. The predicted molar refractivity (Wildman–Crippen MR) is 68.9 cm³/mol. The van der Waals surface area contributed by atoms with Crippen molar-refractivity contribution >= 4 is 11.9 Å². The van der Waals surface area contributed by atoms with Gasteiger partial charge in [-0.3, -0.25) is 9.59 Å². The van der Waals surface area contributed by atoms with E-state index in [-0.39, 0.29) is 0 Å².